The van der Waals surface area contributed by atoms with Gasteiger partial charge in [-0.2, -0.15) is 5.10 Å². The van der Waals surface area contributed by atoms with E-state index in [9.17, 15) is 4.79 Å². The third-order valence-electron chi connectivity index (χ3n) is 4.26. The van der Waals surface area contributed by atoms with Gasteiger partial charge in [-0.3, -0.25) is 9.89 Å². The number of rotatable bonds is 2. The van der Waals surface area contributed by atoms with Crippen molar-refractivity contribution in [2.45, 2.75) is 25.3 Å². The van der Waals surface area contributed by atoms with E-state index >= 15 is 0 Å². The molecule has 0 radical (unpaired) electrons. The van der Waals surface area contributed by atoms with Gasteiger partial charge < -0.3 is 14.4 Å². The van der Waals surface area contributed by atoms with Crippen LogP contribution in [-0.2, 0) is 0 Å². The second-order valence-corrected chi connectivity index (χ2v) is 5.59. The molecule has 1 fully saturated rings. The van der Waals surface area contributed by atoms with Crippen LogP contribution < -0.4 is 9.47 Å². The Morgan fingerprint density at radius 1 is 1.23 bits per heavy atom. The van der Waals surface area contributed by atoms with E-state index in [2.05, 4.69) is 10.2 Å². The Labute approximate surface area is 128 Å². The highest BCUT2D eigenvalue weighted by Crippen LogP contribution is 2.35. The minimum absolute atomic E-state index is 0.0256. The number of piperidine rings is 1. The van der Waals surface area contributed by atoms with Crippen LogP contribution >= 0.6 is 0 Å². The molecule has 1 saturated heterocycles. The Morgan fingerprint density at radius 3 is 3.00 bits per heavy atom. The first kappa shape index (κ1) is 13.2. The van der Waals surface area contributed by atoms with Crippen LogP contribution in [0.1, 0.15) is 41.4 Å². The second kappa shape index (κ2) is 5.36. The summed E-state index contributed by atoms with van der Waals surface area (Å²) < 4.78 is 10.7. The molecule has 1 unspecified atom stereocenters. The molecular formula is C16H17N3O3. The van der Waals surface area contributed by atoms with Crippen molar-refractivity contribution in [2.24, 2.45) is 0 Å². The summed E-state index contributed by atoms with van der Waals surface area (Å²) >= 11 is 0. The zero-order chi connectivity index (χ0) is 14.9. The number of likely N-dealkylation sites (tertiary alicyclic amines) is 1. The number of ether oxygens (including phenoxy) is 2. The molecule has 1 aromatic heterocycles. The highest BCUT2D eigenvalue weighted by atomic mass is 16.7. The van der Waals surface area contributed by atoms with Gasteiger partial charge in [0.15, 0.2) is 11.5 Å². The zero-order valence-corrected chi connectivity index (χ0v) is 12.1. The molecule has 1 N–H and O–H groups in total. The van der Waals surface area contributed by atoms with Crippen molar-refractivity contribution in [2.75, 3.05) is 13.3 Å². The standard InChI is InChI=1S/C16H17N3O3/c20-16(11-4-5-14-15(9-11)22-10-21-14)19-8-2-1-3-13(19)12-6-7-17-18-12/h4-7,9,13H,1-3,8,10H2,(H,17,18). The topological polar surface area (TPSA) is 67.5 Å². The van der Waals surface area contributed by atoms with Gasteiger partial charge in [-0.15, -0.1) is 0 Å². The molecule has 0 spiro atoms. The Kier molecular flexibility index (Phi) is 3.21. The number of fused-ring (bicyclic) bond motifs is 1. The monoisotopic (exact) mass is 299 g/mol. The number of benzene rings is 1. The third-order valence-corrected chi connectivity index (χ3v) is 4.26. The van der Waals surface area contributed by atoms with Crippen molar-refractivity contribution in [3.8, 4) is 11.5 Å². The Morgan fingerprint density at radius 2 is 2.14 bits per heavy atom. The lowest BCUT2D eigenvalue weighted by molar-refractivity contribution is 0.0605. The Bertz CT molecular complexity index is 684. The summed E-state index contributed by atoms with van der Waals surface area (Å²) in [5, 5.41) is 7.01. The minimum atomic E-state index is 0.0256. The summed E-state index contributed by atoms with van der Waals surface area (Å²) in [6, 6.07) is 7.37. The maximum absolute atomic E-state index is 12.9. The van der Waals surface area contributed by atoms with E-state index in [0.717, 1.165) is 31.5 Å². The summed E-state index contributed by atoms with van der Waals surface area (Å²) in [6.45, 7) is 0.977. The molecule has 1 atom stereocenters. The van der Waals surface area contributed by atoms with Crippen LogP contribution in [-0.4, -0.2) is 34.3 Å². The van der Waals surface area contributed by atoms with Crippen molar-refractivity contribution >= 4 is 5.91 Å². The molecule has 2 aromatic rings. The zero-order valence-electron chi connectivity index (χ0n) is 12.1. The number of nitrogens with one attached hydrogen (secondary N) is 1. The van der Waals surface area contributed by atoms with E-state index < -0.39 is 0 Å². The minimum Gasteiger partial charge on any atom is -0.454 e. The van der Waals surface area contributed by atoms with Gasteiger partial charge in [0.2, 0.25) is 6.79 Å². The molecule has 1 amide bonds. The van der Waals surface area contributed by atoms with Gasteiger partial charge >= 0.3 is 0 Å². The number of nitrogens with zero attached hydrogens (tertiary/aromatic N) is 2. The number of carbonyl (C=O) groups is 1. The first-order valence-corrected chi connectivity index (χ1v) is 7.53. The number of H-pyrrole nitrogens is 1. The van der Waals surface area contributed by atoms with Crippen molar-refractivity contribution in [3.05, 3.63) is 41.7 Å². The third kappa shape index (κ3) is 2.20. The summed E-state index contributed by atoms with van der Waals surface area (Å²) in [5.74, 6) is 1.36. The van der Waals surface area contributed by atoms with Crippen molar-refractivity contribution < 1.29 is 14.3 Å². The fourth-order valence-electron chi connectivity index (χ4n) is 3.15. The lowest BCUT2D eigenvalue weighted by Gasteiger charge is -2.35. The number of hydrogen-bond donors (Lipinski definition) is 1. The molecule has 0 saturated carbocycles. The average molecular weight is 299 g/mol. The number of carbonyl (C=O) groups excluding carboxylic acids is 1. The van der Waals surface area contributed by atoms with Crippen LogP contribution in [0.15, 0.2) is 30.5 Å². The molecule has 2 aliphatic rings. The second-order valence-electron chi connectivity index (χ2n) is 5.59. The molecule has 6 nitrogen and oxygen atoms in total. The first-order chi connectivity index (χ1) is 10.8. The molecule has 3 heterocycles. The van der Waals surface area contributed by atoms with E-state index in [0.29, 0.717) is 17.1 Å². The predicted octanol–water partition coefficient (Wildman–Crippen LogP) is 2.51. The maximum Gasteiger partial charge on any atom is 0.254 e. The average Bonchev–Trinajstić information content (AvgIpc) is 3.24. The molecular weight excluding hydrogens is 282 g/mol. The Balaban J connectivity index is 1.62. The molecule has 4 rings (SSSR count). The summed E-state index contributed by atoms with van der Waals surface area (Å²) in [6.07, 6.45) is 4.83. The van der Waals surface area contributed by atoms with Crippen molar-refractivity contribution in [1.82, 2.24) is 15.1 Å². The van der Waals surface area contributed by atoms with E-state index in [4.69, 9.17) is 9.47 Å². The van der Waals surface area contributed by atoms with Gasteiger partial charge in [0.05, 0.1) is 11.7 Å². The first-order valence-electron chi connectivity index (χ1n) is 7.53. The Hall–Kier alpha value is -2.50. The maximum atomic E-state index is 12.9. The highest BCUT2D eigenvalue weighted by molar-refractivity contribution is 5.95. The van der Waals surface area contributed by atoms with Crippen LogP contribution in [0.25, 0.3) is 0 Å². The SMILES string of the molecule is O=C(c1ccc2c(c1)OCO2)N1CCCCC1c1ccn[nH]1. The van der Waals surface area contributed by atoms with E-state index in [1.807, 2.05) is 11.0 Å². The van der Waals surface area contributed by atoms with Crippen LogP contribution in [0.4, 0.5) is 0 Å². The van der Waals surface area contributed by atoms with Gasteiger partial charge in [0.25, 0.3) is 5.91 Å². The number of amides is 1. The molecule has 114 valence electrons. The highest BCUT2D eigenvalue weighted by Gasteiger charge is 2.30. The normalized spacial score (nSPS) is 20.2. The smallest absolute Gasteiger partial charge is 0.254 e. The fourth-order valence-corrected chi connectivity index (χ4v) is 3.15. The quantitative estimate of drug-likeness (QED) is 0.925. The number of aromatic nitrogens is 2. The van der Waals surface area contributed by atoms with E-state index in [1.165, 1.54) is 0 Å². The predicted molar refractivity (Wildman–Crippen MR) is 78.8 cm³/mol. The van der Waals surface area contributed by atoms with Gasteiger partial charge in [0, 0.05) is 18.3 Å². The fraction of sp³-hybridized carbons (Fsp3) is 0.375. The number of hydrogen-bond acceptors (Lipinski definition) is 4. The molecule has 2 aliphatic heterocycles. The van der Waals surface area contributed by atoms with Crippen molar-refractivity contribution in [3.63, 3.8) is 0 Å². The molecule has 0 bridgehead atoms. The summed E-state index contributed by atoms with van der Waals surface area (Å²) in [5.41, 5.74) is 1.63. The van der Waals surface area contributed by atoms with E-state index in [-0.39, 0.29) is 18.7 Å². The lowest BCUT2D eigenvalue weighted by Crippen LogP contribution is -2.38. The van der Waals surface area contributed by atoms with Crippen molar-refractivity contribution in [1.29, 1.82) is 0 Å². The van der Waals surface area contributed by atoms with E-state index in [1.54, 1.807) is 24.4 Å². The molecule has 22 heavy (non-hydrogen) atoms. The van der Waals surface area contributed by atoms with Gasteiger partial charge in [-0.05, 0) is 43.5 Å². The van der Waals surface area contributed by atoms with Crippen LogP contribution in [0, 0.1) is 0 Å². The lowest BCUT2D eigenvalue weighted by atomic mass is 9.98. The largest absolute Gasteiger partial charge is 0.454 e. The number of aromatic amines is 1. The summed E-state index contributed by atoms with van der Waals surface area (Å²) in [7, 11) is 0. The van der Waals surface area contributed by atoms with Crippen LogP contribution in [0.2, 0.25) is 0 Å². The summed E-state index contributed by atoms with van der Waals surface area (Å²) in [4.78, 5) is 14.8. The van der Waals surface area contributed by atoms with Crippen LogP contribution in [0.3, 0.4) is 0 Å². The molecule has 0 aliphatic carbocycles. The van der Waals surface area contributed by atoms with Gasteiger partial charge in [-0.25, -0.2) is 0 Å². The van der Waals surface area contributed by atoms with Crippen LogP contribution in [0.5, 0.6) is 11.5 Å². The van der Waals surface area contributed by atoms with Gasteiger partial charge in [-0.1, -0.05) is 0 Å². The molecule has 6 heteroatoms. The molecule has 1 aromatic carbocycles. The van der Waals surface area contributed by atoms with Gasteiger partial charge in [0.1, 0.15) is 0 Å².